The van der Waals surface area contributed by atoms with Crippen LogP contribution in [0.4, 0.5) is 5.69 Å². The summed E-state index contributed by atoms with van der Waals surface area (Å²) in [5, 5.41) is 8.83. The highest BCUT2D eigenvalue weighted by Gasteiger charge is 2.05. The largest absolute Gasteiger partial charge is 0.475 e. The van der Waals surface area contributed by atoms with Gasteiger partial charge in [0.25, 0.3) is 5.88 Å². The zero-order chi connectivity index (χ0) is 12.8. The lowest BCUT2D eigenvalue weighted by Gasteiger charge is -2.07. The van der Waals surface area contributed by atoms with Crippen molar-refractivity contribution in [3.8, 4) is 11.9 Å². The Kier molecular flexibility index (Phi) is 3.72. The number of nitrogens with two attached hydrogens (primary N) is 1. The van der Waals surface area contributed by atoms with E-state index >= 15 is 0 Å². The first-order valence-corrected chi connectivity index (χ1v) is 5.48. The van der Waals surface area contributed by atoms with Gasteiger partial charge in [0.2, 0.25) is 5.69 Å². The van der Waals surface area contributed by atoms with Crippen molar-refractivity contribution in [1.29, 1.82) is 5.26 Å². The summed E-state index contributed by atoms with van der Waals surface area (Å²) in [5.41, 5.74) is 7.76. The minimum atomic E-state index is 0.193. The Balaban J connectivity index is 1.97. The third-order valence-corrected chi connectivity index (χ3v) is 2.44. The molecule has 5 nitrogen and oxygen atoms in total. The molecule has 2 N–H and O–H groups in total. The smallest absolute Gasteiger partial charge is 0.251 e. The molecule has 0 unspecified atom stereocenters. The van der Waals surface area contributed by atoms with Crippen LogP contribution >= 0.6 is 0 Å². The first kappa shape index (κ1) is 11.9. The highest BCUT2D eigenvalue weighted by atomic mass is 16.5. The number of para-hydroxylation sites is 1. The van der Waals surface area contributed by atoms with Crippen LogP contribution in [-0.4, -0.2) is 16.6 Å². The van der Waals surface area contributed by atoms with Crippen LogP contribution in [0.25, 0.3) is 0 Å². The normalized spacial score (nSPS) is 9.72. The number of ether oxygens (including phenoxy) is 1. The molecule has 0 amide bonds. The van der Waals surface area contributed by atoms with E-state index in [1.54, 1.807) is 0 Å². The van der Waals surface area contributed by atoms with Gasteiger partial charge >= 0.3 is 0 Å². The number of hydrogen-bond acceptors (Lipinski definition) is 5. The van der Waals surface area contributed by atoms with Gasteiger partial charge in [-0.25, -0.2) is 9.97 Å². The predicted molar refractivity (Wildman–Crippen MR) is 66.8 cm³/mol. The van der Waals surface area contributed by atoms with Crippen LogP contribution in [0.3, 0.4) is 0 Å². The number of nitrogen functional groups attached to an aromatic ring is 1. The van der Waals surface area contributed by atoms with E-state index in [0.29, 0.717) is 13.0 Å². The Bertz CT molecular complexity index is 577. The van der Waals surface area contributed by atoms with Crippen molar-refractivity contribution in [2.45, 2.75) is 6.42 Å². The van der Waals surface area contributed by atoms with E-state index < -0.39 is 0 Å². The first-order chi connectivity index (χ1) is 8.81. The number of nitrogens with zero attached hydrogens (tertiary/aromatic N) is 3. The van der Waals surface area contributed by atoms with Gasteiger partial charge in [-0.2, -0.15) is 5.26 Å². The van der Waals surface area contributed by atoms with Crippen molar-refractivity contribution in [2.24, 2.45) is 0 Å². The zero-order valence-corrected chi connectivity index (χ0v) is 9.71. The van der Waals surface area contributed by atoms with E-state index in [2.05, 4.69) is 9.97 Å². The lowest BCUT2D eigenvalue weighted by atomic mass is 10.1. The summed E-state index contributed by atoms with van der Waals surface area (Å²) in [6.07, 6.45) is 3.61. The minimum Gasteiger partial charge on any atom is -0.475 e. The number of benzene rings is 1. The van der Waals surface area contributed by atoms with E-state index in [1.807, 2.05) is 30.3 Å². The summed E-state index contributed by atoms with van der Waals surface area (Å²) in [5.74, 6) is 0.259. The number of rotatable bonds is 4. The molecule has 0 spiro atoms. The second-order valence-corrected chi connectivity index (χ2v) is 3.62. The molecular weight excluding hydrogens is 228 g/mol. The molecule has 0 bridgehead atoms. The molecule has 18 heavy (non-hydrogen) atoms. The van der Waals surface area contributed by atoms with Gasteiger partial charge in [-0.15, -0.1) is 0 Å². The first-order valence-electron chi connectivity index (χ1n) is 5.48. The van der Waals surface area contributed by atoms with Gasteiger partial charge < -0.3 is 10.5 Å². The topological polar surface area (TPSA) is 84.8 Å². The second kappa shape index (κ2) is 5.64. The quantitative estimate of drug-likeness (QED) is 0.819. The molecule has 1 aromatic carbocycles. The number of aromatic nitrogens is 2. The van der Waals surface area contributed by atoms with Gasteiger partial charge in [-0.3, -0.25) is 0 Å². The molecule has 0 aliphatic heterocycles. The monoisotopic (exact) mass is 240 g/mol. The van der Waals surface area contributed by atoms with Crippen LogP contribution in [0.5, 0.6) is 5.88 Å². The molecule has 2 aromatic rings. The Labute approximate surface area is 105 Å². The summed E-state index contributed by atoms with van der Waals surface area (Å²) in [6, 6.07) is 9.53. The second-order valence-electron chi connectivity index (χ2n) is 3.62. The van der Waals surface area contributed by atoms with E-state index in [1.165, 1.54) is 12.4 Å². The average Bonchev–Trinajstić information content (AvgIpc) is 2.41. The van der Waals surface area contributed by atoms with Crippen molar-refractivity contribution < 1.29 is 4.74 Å². The maximum atomic E-state index is 8.83. The lowest BCUT2D eigenvalue weighted by molar-refractivity contribution is 0.307. The maximum absolute atomic E-state index is 8.83. The molecule has 0 radical (unpaired) electrons. The molecule has 1 heterocycles. The van der Waals surface area contributed by atoms with Crippen molar-refractivity contribution >= 4 is 5.69 Å². The maximum Gasteiger partial charge on any atom is 0.251 e. The number of nitriles is 1. The molecule has 0 saturated carbocycles. The number of hydrogen-bond donors (Lipinski definition) is 1. The van der Waals surface area contributed by atoms with Crippen molar-refractivity contribution in [1.82, 2.24) is 9.97 Å². The van der Waals surface area contributed by atoms with E-state index in [0.717, 1.165) is 11.3 Å². The molecule has 2 rings (SSSR count). The summed E-state index contributed by atoms with van der Waals surface area (Å²) < 4.78 is 5.44. The van der Waals surface area contributed by atoms with Gasteiger partial charge in [0.1, 0.15) is 6.07 Å². The van der Waals surface area contributed by atoms with Gasteiger partial charge in [-0.05, 0) is 11.6 Å². The van der Waals surface area contributed by atoms with Crippen molar-refractivity contribution in [2.75, 3.05) is 12.3 Å². The highest BCUT2D eigenvalue weighted by molar-refractivity contribution is 5.46. The summed E-state index contributed by atoms with van der Waals surface area (Å²) >= 11 is 0. The molecule has 5 heteroatoms. The van der Waals surface area contributed by atoms with Crippen LogP contribution in [0.15, 0.2) is 36.7 Å². The molecule has 0 aliphatic rings. The summed E-state index contributed by atoms with van der Waals surface area (Å²) in [4.78, 5) is 7.83. The lowest BCUT2D eigenvalue weighted by Crippen LogP contribution is -2.06. The molecule has 0 fully saturated rings. The van der Waals surface area contributed by atoms with Gasteiger partial charge in [0, 0.05) is 24.5 Å². The fourth-order valence-corrected chi connectivity index (χ4v) is 1.53. The van der Waals surface area contributed by atoms with Gasteiger partial charge in [-0.1, -0.05) is 18.2 Å². The highest BCUT2D eigenvalue weighted by Crippen LogP contribution is 2.13. The van der Waals surface area contributed by atoms with Crippen molar-refractivity contribution in [3.63, 3.8) is 0 Å². The molecule has 0 atom stereocenters. The molecule has 0 saturated heterocycles. The summed E-state index contributed by atoms with van der Waals surface area (Å²) in [7, 11) is 0. The van der Waals surface area contributed by atoms with E-state index in [9.17, 15) is 0 Å². The van der Waals surface area contributed by atoms with Gasteiger partial charge in [0.15, 0.2) is 0 Å². The minimum absolute atomic E-state index is 0.193. The average molecular weight is 240 g/mol. The standard InChI is InChI=1S/C13H12N4O/c14-9-12-13(17-7-6-16-12)18-8-5-10-3-1-2-4-11(10)15/h1-4,6-7H,5,8,15H2. The Hall–Kier alpha value is -2.61. The third kappa shape index (κ3) is 2.74. The Morgan fingerprint density at radius 3 is 2.78 bits per heavy atom. The van der Waals surface area contributed by atoms with Crippen LogP contribution in [0.2, 0.25) is 0 Å². The number of anilines is 1. The third-order valence-electron chi connectivity index (χ3n) is 2.44. The Morgan fingerprint density at radius 2 is 2.00 bits per heavy atom. The Morgan fingerprint density at radius 1 is 1.22 bits per heavy atom. The molecular formula is C13H12N4O. The molecule has 1 aromatic heterocycles. The fraction of sp³-hybridized carbons (Fsp3) is 0.154. The fourth-order valence-electron chi connectivity index (χ4n) is 1.53. The predicted octanol–water partition coefficient (Wildman–Crippen LogP) is 1.55. The van der Waals surface area contributed by atoms with E-state index in [-0.39, 0.29) is 11.6 Å². The van der Waals surface area contributed by atoms with Crippen LogP contribution in [0.1, 0.15) is 11.3 Å². The SMILES string of the molecule is N#Cc1nccnc1OCCc1ccccc1N. The zero-order valence-electron chi connectivity index (χ0n) is 9.71. The molecule has 90 valence electrons. The van der Waals surface area contributed by atoms with Crippen LogP contribution in [-0.2, 0) is 6.42 Å². The van der Waals surface area contributed by atoms with Crippen LogP contribution < -0.4 is 10.5 Å². The van der Waals surface area contributed by atoms with Crippen LogP contribution in [0, 0.1) is 11.3 Å². The van der Waals surface area contributed by atoms with Crippen molar-refractivity contribution in [3.05, 3.63) is 47.9 Å². The van der Waals surface area contributed by atoms with E-state index in [4.69, 9.17) is 15.7 Å². The summed E-state index contributed by atoms with van der Waals surface area (Å²) in [6.45, 7) is 0.404. The molecule has 0 aliphatic carbocycles. The van der Waals surface area contributed by atoms with Gasteiger partial charge in [0.05, 0.1) is 6.61 Å².